The summed E-state index contributed by atoms with van der Waals surface area (Å²) in [4.78, 5) is 22.4. The van der Waals surface area contributed by atoms with Crippen LogP contribution in [0.4, 0.5) is 5.69 Å². The molecular weight excluding hydrogens is 316 g/mol. The molecule has 25 heavy (non-hydrogen) atoms. The minimum absolute atomic E-state index is 0.165. The van der Waals surface area contributed by atoms with Crippen LogP contribution in [0.5, 0.6) is 5.88 Å². The third kappa shape index (κ3) is 3.90. The van der Waals surface area contributed by atoms with Crippen LogP contribution in [0.2, 0.25) is 0 Å². The predicted octanol–water partition coefficient (Wildman–Crippen LogP) is 2.96. The van der Waals surface area contributed by atoms with Crippen molar-refractivity contribution in [1.29, 1.82) is 5.26 Å². The molecular formula is C19H16N4O2. The number of nitriles is 1. The summed E-state index contributed by atoms with van der Waals surface area (Å²) < 4.78 is 5.64. The van der Waals surface area contributed by atoms with Crippen LogP contribution in [0, 0.1) is 11.3 Å². The van der Waals surface area contributed by atoms with E-state index in [1.807, 2.05) is 54.6 Å². The van der Waals surface area contributed by atoms with Crippen LogP contribution in [-0.2, 0) is 4.79 Å². The maximum absolute atomic E-state index is 12.6. The highest BCUT2D eigenvalue weighted by atomic mass is 16.5. The van der Waals surface area contributed by atoms with E-state index in [1.54, 1.807) is 4.90 Å². The average molecular weight is 332 g/mol. The van der Waals surface area contributed by atoms with Crippen LogP contribution in [0.25, 0.3) is 10.9 Å². The van der Waals surface area contributed by atoms with Gasteiger partial charge < -0.3 is 9.64 Å². The average Bonchev–Trinajstić information content (AvgIpc) is 2.67. The van der Waals surface area contributed by atoms with Crippen LogP contribution in [-0.4, -0.2) is 29.0 Å². The lowest BCUT2D eigenvalue weighted by molar-refractivity contribution is -0.120. The molecule has 0 unspecified atom stereocenters. The smallest absolute Gasteiger partial charge is 0.265 e. The first-order chi connectivity index (χ1) is 12.3. The summed E-state index contributed by atoms with van der Waals surface area (Å²) in [6.45, 7) is 0.147. The summed E-state index contributed by atoms with van der Waals surface area (Å²) in [6, 6.07) is 18.7. The van der Waals surface area contributed by atoms with Crippen molar-refractivity contribution in [3.63, 3.8) is 0 Å². The van der Waals surface area contributed by atoms with Gasteiger partial charge in [0.2, 0.25) is 5.88 Å². The Morgan fingerprint density at radius 1 is 1.08 bits per heavy atom. The van der Waals surface area contributed by atoms with Gasteiger partial charge in [-0.3, -0.25) is 4.79 Å². The number of para-hydroxylation sites is 2. The number of benzene rings is 2. The van der Waals surface area contributed by atoms with Gasteiger partial charge in [0.15, 0.2) is 6.61 Å². The standard InChI is InChI=1S/C19H16N4O2/c20-11-6-12-23(15-7-2-1-3-8-15)18(24)13-25-19-16-9-4-5-10-17(16)21-14-22-19/h1-5,7-10,14H,6,12-13H2. The third-order valence-corrected chi connectivity index (χ3v) is 3.65. The van der Waals surface area contributed by atoms with Crippen LogP contribution in [0.1, 0.15) is 6.42 Å². The van der Waals surface area contributed by atoms with Crippen molar-refractivity contribution in [3.05, 3.63) is 60.9 Å². The fourth-order valence-electron chi connectivity index (χ4n) is 2.47. The van der Waals surface area contributed by atoms with E-state index in [0.29, 0.717) is 12.4 Å². The monoisotopic (exact) mass is 332 g/mol. The Kier molecular flexibility index (Phi) is 5.17. The number of nitrogens with zero attached hydrogens (tertiary/aromatic N) is 4. The molecule has 3 aromatic rings. The normalized spacial score (nSPS) is 10.2. The summed E-state index contributed by atoms with van der Waals surface area (Å²) in [5.41, 5.74) is 1.49. The van der Waals surface area contributed by atoms with Crippen LogP contribution < -0.4 is 9.64 Å². The summed E-state index contributed by atoms with van der Waals surface area (Å²) in [5.74, 6) is 0.136. The lowest BCUT2D eigenvalue weighted by Crippen LogP contribution is -2.35. The molecule has 0 aliphatic heterocycles. The Labute approximate surface area is 145 Å². The first-order valence-electron chi connectivity index (χ1n) is 7.84. The molecule has 0 fully saturated rings. The van der Waals surface area contributed by atoms with Crippen LogP contribution in [0.3, 0.4) is 0 Å². The maximum atomic E-state index is 12.6. The van der Waals surface area contributed by atoms with Crippen molar-refractivity contribution in [1.82, 2.24) is 9.97 Å². The first kappa shape index (κ1) is 16.4. The molecule has 1 amide bonds. The quantitative estimate of drug-likeness (QED) is 0.693. The van der Waals surface area contributed by atoms with Gasteiger partial charge in [0.25, 0.3) is 5.91 Å². The number of hydrogen-bond donors (Lipinski definition) is 0. The number of hydrogen-bond acceptors (Lipinski definition) is 5. The number of rotatable bonds is 6. The van der Waals surface area contributed by atoms with E-state index in [2.05, 4.69) is 16.0 Å². The summed E-state index contributed by atoms with van der Waals surface area (Å²) in [5, 5.41) is 9.58. The highest BCUT2D eigenvalue weighted by Gasteiger charge is 2.17. The van der Waals surface area contributed by atoms with Crippen molar-refractivity contribution in [2.24, 2.45) is 0 Å². The van der Waals surface area contributed by atoms with E-state index in [1.165, 1.54) is 6.33 Å². The topological polar surface area (TPSA) is 79.1 Å². The molecule has 0 aliphatic rings. The van der Waals surface area contributed by atoms with E-state index in [4.69, 9.17) is 10.00 Å². The molecule has 0 aliphatic carbocycles. The molecule has 0 atom stereocenters. The van der Waals surface area contributed by atoms with Crippen molar-refractivity contribution >= 4 is 22.5 Å². The second kappa shape index (κ2) is 7.88. The molecule has 3 rings (SSSR count). The number of anilines is 1. The summed E-state index contributed by atoms with van der Waals surface area (Å²) in [7, 11) is 0. The van der Waals surface area contributed by atoms with E-state index in [0.717, 1.165) is 16.6 Å². The number of carbonyl (C=O) groups excluding carboxylic acids is 1. The predicted molar refractivity (Wildman–Crippen MR) is 94.1 cm³/mol. The van der Waals surface area contributed by atoms with Gasteiger partial charge in [-0.1, -0.05) is 30.3 Å². The van der Waals surface area contributed by atoms with Crippen molar-refractivity contribution in [2.75, 3.05) is 18.1 Å². The van der Waals surface area contributed by atoms with Crippen molar-refractivity contribution in [3.8, 4) is 11.9 Å². The molecule has 0 saturated carbocycles. The number of carbonyl (C=O) groups is 1. The summed E-state index contributed by atoms with van der Waals surface area (Å²) in [6.07, 6.45) is 1.66. The second-order valence-corrected chi connectivity index (χ2v) is 5.27. The molecule has 124 valence electrons. The molecule has 1 aromatic heterocycles. The molecule has 0 saturated heterocycles. The molecule has 0 radical (unpaired) electrons. The maximum Gasteiger partial charge on any atom is 0.265 e. The van der Waals surface area contributed by atoms with E-state index in [-0.39, 0.29) is 18.9 Å². The largest absolute Gasteiger partial charge is 0.467 e. The Bertz CT molecular complexity index is 901. The highest BCUT2D eigenvalue weighted by molar-refractivity contribution is 5.94. The van der Waals surface area contributed by atoms with E-state index < -0.39 is 0 Å². The Hall–Kier alpha value is -3.46. The van der Waals surface area contributed by atoms with Crippen LogP contribution >= 0.6 is 0 Å². The third-order valence-electron chi connectivity index (χ3n) is 3.65. The Morgan fingerprint density at radius 2 is 1.84 bits per heavy atom. The van der Waals surface area contributed by atoms with Gasteiger partial charge in [0, 0.05) is 12.2 Å². The first-order valence-corrected chi connectivity index (χ1v) is 7.84. The molecule has 2 aromatic carbocycles. The Balaban J connectivity index is 1.76. The fourth-order valence-corrected chi connectivity index (χ4v) is 2.47. The zero-order valence-corrected chi connectivity index (χ0v) is 13.5. The number of fused-ring (bicyclic) bond motifs is 1. The van der Waals surface area contributed by atoms with Crippen molar-refractivity contribution < 1.29 is 9.53 Å². The molecule has 6 heteroatoms. The minimum Gasteiger partial charge on any atom is -0.467 e. The second-order valence-electron chi connectivity index (χ2n) is 5.27. The lowest BCUT2D eigenvalue weighted by atomic mass is 10.2. The summed E-state index contributed by atoms with van der Waals surface area (Å²) >= 11 is 0. The number of amides is 1. The van der Waals surface area contributed by atoms with E-state index >= 15 is 0 Å². The van der Waals surface area contributed by atoms with Gasteiger partial charge in [-0.05, 0) is 24.3 Å². The molecule has 0 spiro atoms. The molecule has 0 N–H and O–H groups in total. The van der Waals surface area contributed by atoms with Crippen LogP contribution in [0.15, 0.2) is 60.9 Å². The van der Waals surface area contributed by atoms with Gasteiger partial charge in [-0.15, -0.1) is 0 Å². The number of aromatic nitrogens is 2. The lowest BCUT2D eigenvalue weighted by Gasteiger charge is -2.21. The fraction of sp³-hybridized carbons (Fsp3) is 0.158. The molecule has 0 bridgehead atoms. The van der Waals surface area contributed by atoms with Gasteiger partial charge in [-0.2, -0.15) is 5.26 Å². The van der Waals surface area contributed by atoms with E-state index in [9.17, 15) is 4.79 Å². The Morgan fingerprint density at radius 3 is 2.64 bits per heavy atom. The number of ether oxygens (including phenoxy) is 1. The van der Waals surface area contributed by atoms with Gasteiger partial charge in [0.1, 0.15) is 6.33 Å². The minimum atomic E-state index is -0.232. The van der Waals surface area contributed by atoms with Gasteiger partial charge in [0.05, 0.1) is 23.4 Å². The molecule has 6 nitrogen and oxygen atoms in total. The van der Waals surface area contributed by atoms with Gasteiger partial charge in [-0.25, -0.2) is 9.97 Å². The van der Waals surface area contributed by atoms with Gasteiger partial charge >= 0.3 is 0 Å². The zero-order valence-electron chi connectivity index (χ0n) is 13.5. The zero-order chi connectivity index (χ0) is 17.5. The molecule has 1 heterocycles. The SMILES string of the molecule is N#CCCN(C(=O)COc1ncnc2ccccc12)c1ccccc1. The van der Waals surface area contributed by atoms with Crippen molar-refractivity contribution in [2.45, 2.75) is 6.42 Å². The highest BCUT2D eigenvalue weighted by Crippen LogP contribution is 2.21.